The van der Waals surface area contributed by atoms with Gasteiger partial charge in [-0.15, -0.1) is 0 Å². The number of hydrogen-bond acceptors (Lipinski definition) is 5. The number of urea groups is 1. The minimum atomic E-state index is -0.436. The zero-order valence-electron chi connectivity index (χ0n) is 15.9. The van der Waals surface area contributed by atoms with E-state index in [0.717, 1.165) is 16.7 Å². The lowest BCUT2D eigenvalue weighted by atomic mass is 10.1. The van der Waals surface area contributed by atoms with Crippen molar-refractivity contribution < 1.29 is 14.0 Å². The summed E-state index contributed by atoms with van der Waals surface area (Å²) >= 11 is 1.47. The normalized spacial score (nSPS) is 14.8. The van der Waals surface area contributed by atoms with Crippen LogP contribution in [-0.4, -0.2) is 52.9 Å². The minimum absolute atomic E-state index is 0.0231. The molecule has 0 atom stereocenters. The molecule has 7 nitrogen and oxygen atoms in total. The Morgan fingerprint density at radius 3 is 2.55 bits per heavy atom. The van der Waals surface area contributed by atoms with Crippen molar-refractivity contribution >= 4 is 34.8 Å². The lowest BCUT2D eigenvalue weighted by Gasteiger charge is -2.22. The zero-order valence-corrected chi connectivity index (χ0v) is 16.7. The van der Waals surface area contributed by atoms with E-state index in [9.17, 15) is 9.59 Å². The van der Waals surface area contributed by atoms with E-state index in [1.807, 2.05) is 48.5 Å². The Morgan fingerprint density at radius 1 is 1.00 bits per heavy atom. The predicted molar refractivity (Wildman–Crippen MR) is 112 cm³/mol. The predicted octanol–water partition coefficient (Wildman–Crippen LogP) is 3.35. The summed E-state index contributed by atoms with van der Waals surface area (Å²) in [4.78, 5) is 32.4. The molecule has 3 amide bonds. The summed E-state index contributed by atoms with van der Waals surface area (Å²) in [5, 5.41) is 0.584. The van der Waals surface area contributed by atoms with E-state index >= 15 is 0 Å². The Bertz CT molecular complexity index is 1000. The van der Waals surface area contributed by atoms with Crippen molar-refractivity contribution in [3.8, 4) is 0 Å². The third-order valence-corrected chi connectivity index (χ3v) is 5.84. The van der Waals surface area contributed by atoms with Gasteiger partial charge in [0.25, 0.3) is 11.1 Å². The molecule has 29 heavy (non-hydrogen) atoms. The van der Waals surface area contributed by atoms with Gasteiger partial charge < -0.3 is 20.0 Å². The quantitative estimate of drug-likeness (QED) is 0.666. The van der Waals surface area contributed by atoms with Gasteiger partial charge in [-0.3, -0.25) is 4.79 Å². The molecule has 1 saturated heterocycles. The summed E-state index contributed by atoms with van der Waals surface area (Å²) in [6, 6.07) is 14.8. The largest absolute Gasteiger partial charge is 0.431 e. The third kappa shape index (κ3) is 4.37. The molecule has 1 aliphatic rings. The molecule has 1 aromatic heterocycles. The first-order valence-corrected chi connectivity index (χ1v) is 10.5. The molecule has 0 spiro atoms. The molecule has 0 bridgehead atoms. The molecule has 2 heterocycles. The molecule has 2 N–H and O–H groups in total. The number of hydrogen-bond donors (Lipinski definition) is 1. The van der Waals surface area contributed by atoms with E-state index in [1.54, 1.807) is 9.80 Å². The molecule has 0 unspecified atom stereocenters. The van der Waals surface area contributed by atoms with E-state index in [-0.39, 0.29) is 5.91 Å². The highest BCUT2D eigenvalue weighted by Crippen LogP contribution is 2.27. The Morgan fingerprint density at radius 2 is 1.72 bits per heavy atom. The maximum Gasteiger partial charge on any atom is 0.314 e. The highest BCUT2D eigenvalue weighted by Gasteiger charge is 2.23. The molecular weight excluding hydrogens is 388 g/mol. The molecule has 2 aromatic carbocycles. The number of rotatable bonds is 4. The van der Waals surface area contributed by atoms with Gasteiger partial charge >= 0.3 is 6.03 Å². The number of para-hydroxylation sites is 2. The Kier molecular flexibility index (Phi) is 5.71. The number of primary amides is 1. The molecule has 4 rings (SSSR count). The highest BCUT2D eigenvalue weighted by atomic mass is 32.2. The van der Waals surface area contributed by atoms with Gasteiger partial charge in [-0.25, -0.2) is 9.78 Å². The van der Waals surface area contributed by atoms with Crippen molar-refractivity contribution in [1.82, 2.24) is 14.8 Å². The zero-order chi connectivity index (χ0) is 20.2. The summed E-state index contributed by atoms with van der Waals surface area (Å²) in [5.74, 6) is 0.556. The van der Waals surface area contributed by atoms with Crippen LogP contribution in [0.3, 0.4) is 0 Å². The van der Waals surface area contributed by atoms with Crippen LogP contribution in [0.4, 0.5) is 4.79 Å². The average molecular weight is 410 g/mol. The molecule has 3 aromatic rings. The fourth-order valence-electron chi connectivity index (χ4n) is 3.42. The summed E-state index contributed by atoms with van der Waals surface area (Å²) in [5.41, 5.74) is 8.56. The monoisotopic (exact) mass is 410 g/mol. The molecule has 8 heteroatoms. The summed E-state index contributed by atoms with van der Waals surface area (Å²) in [7, 11) is 0. The number of nitrogens with zero attached hydrogens (tertiary/aromatic N) is 3. The average Bonchev–Trinajstić information content (AvgIpc) is 2.98. The molecule has 0 aliphatic carbocycles. The van der Waals surface area contributed by atoms with Crippen LogP contribution in [-0.2, 0) is 5.75 Å². The summed E-state index contributed by atoms with van der Waals surface area (Å²) in [6.07, 6.45) is 0.717. The first-order valence-electron chi connectivity index (χ1n) is 9.52. The van der Waals surface area contributed by atoms with Crippen molar-refractivity contribution in [2.24, 2.45) is 5.73 Å². The van der Waals surface area contributed by atoms with Crippen LogP contribution < -0.4 is 5.73 Å². The van der Waals surface area contributed by atoms with E-state index in [4.69, 9.17) is 10.2 Å². The molecule has 0 saturated carbocycles. The topological polar surface area (TPSA) is 92.7 Å². The number of aromatic nitrogens is 1. The van der Waals surface area contributed by atoms with Crippen molar-refractivity contribution in [2.45, 2.75) is 17.4 Å². The second kappa shape index (κ2) is 8.57. The van der Waals surface area contributed by atoms with Crippen LogP contribution in [0.5, 0.6) is 0 Å². The lowest BCUT2D eigenvalue weighted by molar-refractivity contribution is 0.0761. The van der Waals surface area contributed by atoms with Gasteiger partial charge in [0, 0.05) is 37.5 Å². The van der Waals surface area contributed by atoms with Crippen molar-refractivity contribution in [2.75, 3.05) is 26.2 Å². The SMILES string of the molecule is NC(=O)N1CCCN(C(=O)c2ccccc2CSc2nc3ccccc3o2)CC1. The van der Waals surface area contributed by atoms with E-state index in [2.05, 4.69) is 4.98 Å². The number of nitrogens with two attached hydrogens (primary N) is 1. The number of amides is 3. The van der Waals surface area contributed by atoms with Gasteiger partial charge in [-0.2, -0.15) is 0 Å². The molecule has 150 valence electrons. The van der Waals surface area contributed by atoms with Crippen molar-refractivity contribution in [1.29, 1.82) is 0 Å². The third-order valence-electron chi connectivity index (χ3n) is 4.97. The minimum Gasteiger partial charge on any atom is -0.431 e. The number of oxazole rings is 1. The van der Waals surface area contributed by atoms with Crippen molar-refractivity contribution in [3.05, 3.63) is 59.7 Å². The lowest BCUT2D eigenvalue weighted by Crippen LogP contribution is -2.39. The van der Waals surface area contributed by atoms with Crippen LogP contribution in [0.2, 0.25) is 0 Å². The number of benzene rings is 2. The highest BCUT2D eigenvalue weighted by molar-refractivity contribution is 7.98. The standard InChI is InChI=1S/C21H22N4O3S/c22-20(27)25-11-5-10-24(12-13-25)19(26)16-7-2-1-6-15(16)14-29-21-23-17-8-3-4-9-18(17)28-21/h1-4,6-9H,5,10-14H2,(H2,22,27). The van der Waals surface area contributed by atoms with Gasteiger partial charge in [0.2, 0.25) is 0 Å². The molecule has 0 radical (unpaired) electrons. The number of fused-ring (bicyclic) bond motifs is 1. The number of carbonyl (C=O) groups excluding carboxylic acids is 2. The Hall–Kier alpha value is -3.00. The van der Waals surface area contributed by atoms with Gasteiger partial charge in [-0.1, -0.05) is 42.1 Å². The van der Waals surface area contributed by atoms with Crippen LogP contribution in [0.1, 0.15) is 22.3 Å². The fraction of sp³-hybridized carbons (Fsp3) is 0.286. The van der Waals surface area contributed by atoms with E-state index in [0.29, 0.717) is 49.1 Å². The first-order chi connectivity index (χ1) is 14.1. The van der Waals surface area contributed by atoms with Gasteiger partial charge in [0.1, 0.15) is 5.52 Å². The Balaban J connectivity index is 1.47. The van der Waals surface area contributed by atoms with E-state index in [1.165, 1.54) is 11.8 Å². The van der Waals surface area contributed by atoms with Gasteiger partial charge in [0.15, 0.2) is 5.58 Å². The molecule has 1 aliphatic heterocycles. The van der Waals surface area contributed by atoms with Crippen LogP contribution in [0.25, 0.3) is 11.1 Å². The summed E-state index contributed by atoms with van der Waals surface area (Å²) < 4.78 is 5.76. The second-order valence-electron chi connectivity index (χ2n) is 6.86. The molecule has 1 fully saturated rings. The number of carbonyl (C=O) groups is 2. The fourth-order valence-corrected chi connectivity index (χ4v) is 4.26. The number of thioether (sulfide) groups is 1. The van der Waals surface area contributed by atoms with Crippen LogP contribution in [0, 0.1) is 0 Å². The van der Waals surface area contributed by atoms with Crippen LogP contribution >= 0.6 is 11.8 Å². The van der Waals surface area contributed by atoms with Crippen molar-refractivity contribution in [3.63, 3.8) is 0 Å². The summed E-state index contributed by atoms with van der Waals surface area (Å²) in [6.45, 7) is 2.12. The maximum atomic E-state index is 13.1. The smallest absolute Gasteiger partial charge is 0.314 e. The first kappa shape index (κ1) is 19.3. The molecular formula is C21H22N4O3S. The van der Waals surface area contributed by atoms with Gasteiger partial charge in [0.05, 0.1) is 0 Å². The van der Waals surface area contributed by atoms with E-state index < -0.39 is 6.03 Å². The van der Waals surface area contributed by atoms with Gasteiger partial charge in [-0.05, 0) is 30.2 Å². The second-order valence-corrected chi connectivity index (χ2v) is 7.79. The Labute approximate surface area is 172 Å². The van der Waals surface area contributed by atoms with Crippen LogP contribution in [0.15, 0.2) is 58.2 Å². The maximum absolute atomic E-state index is 13.1.